The first kappa shape index (κ1) is 14.8. The molecular weight excluding hydrogens is 264 g/mol. The summed E-state index contributed by atoms with van der Waals surface area (Å²) in [6, 6.07) is 0. The molecule has 3 fully saturated rings. The minimum absolute atomic E-state index is 0.302. The molecule has 0 saturated heterocycles. The van der Waals surface area contributed by atoms with Crippen LogP contribution in [0.15, 0.2) is 36.0 Å². The quantitative estimate of drug-likeness (QED) is 0.502. The van der Waals surface area contributed by atoms with E-state index in [1.54, 1.807) is 5.57 Å². The predicted octanol–water partition coefficient (Wildman–Crippen LogP) is 6.16. The van der Waals surface area contributed by atoms with Gasteiger partial charge in [-0.2, -0.15) is 0 Å². The van der Waals surface area contributed by atoms with Crippen LogP contribution in [0.5, 0.6) is 0 Å². The van der Waals surface area contributed by atoms with Gasteiger partial charge in [0.2, 0.25) is 0 Å². The van der Waals surface area contributed by atoms with Gasteiger partial charge < -0.3 is 0 Å². The topological polar surface area (TPSA) is 0 Å². The zero-order chi connectivity index (χ0) is 15.7. The molecule has 7 unspecified atom stereocenters. The minimum atomic E-state index is 0.302. The lowest BCUT2D eigenvalue weighted by atomic mass is 9.46. The molecule has 0 bridgehead atoms. The maximum atomic E-state index is 4.17. The largest absolute Gasteiger partial charge is 0.0918 e. The fourth-order valence-corrected chi connectivity index (χ4v) is 7.43. The van der Waals surface area contributed by atoms with E-state index in [2.05, 4.69) is 52.5 Å². The second-order valence-electron chi connectivity index (χ2n) is 9.58. The molecule has 0 heterocycles. The zero-order valence-electron chi connectivity index (χ0n) is 14.9. The standard InChI is InChI=1S/C22H32/c1-14-8-9-22(5)17(10-14)6-7-18-19-11-15(2)12-21(19,4)13-16(3)20(18)22/h8-10,15-16,18-20H,1,6-7,11-13H2,2-5H3. The van der Waals surface area contributed by atoms with E-state index >= 15 is 0 Å². The van der Waals surface area contributed by atoms with E-state index in [1.165, 1.54) is 37.7 Å². The average molecular weight is 296 g/mol. The molecular formula is C22H32. The van der Waals surface area contributed by atoms with Crippen LogP contribution in [-0.2, 0) is 0 Å². The Hall–Kier alpha value is -0.780. The Morgan fingerprint density at radius 1 is 1.18 bits per heavy atom. The zero-order valence-corrected chi connectivity index (χ0v) is 14.9. The summed E-state index contributed by atoms with van der Waals surface area (Å²) in [6.07, 6.45) is 14.3. The van der Waals surface area contributed by atoms with Gasteiger partial charge >= 0.3 is 0 Å². The molecule has 0 aliphatic heterocycles. The van der Waals surface area contributed by atoms with E-state index < -0.39 is 0 Å². The van der Waals surface area contributed by atoms with E-state index in [-0.39, 0.29) is 0 Å². The Labute approximate surface area is 136 Å². The van der Waals surface area contributed by atoms with Gasteiger partial charge in [0, 0.05) is 5.41 Å². The van der Waals surface area contributed by atoms with Gasteiger partial charge in [-0.15, -0.1) is 0 Å². The SMILES string of the molecule is C=C1C=CC2(C)C(=C1)CCC1C3CC(C)CC3(C)CC(C)C12. The Morgan fingerprint density at radius 2 is 1.95 bits per heavy atom. The third kappa shape index (κ3) is 1.88. The number of allylic oxidation sites excluding steroid dienone is 5. The first-order valence-corrected chi connectivity index (χ1v) is 9.43. The highest BCUT2D eigenvalue weighted by Gasteiger charge is 2.58. The highest BCUT2D eigenvalue weighted by Crippen LogP contribution is 2.66. The second-order valence-corrected chi connectivity index (χ2v) is 9.58. The van der Waals surface area contributed by atoms with Crippen LogP contribution in [0.1, 0.15) is 59.8 Å². The lowest BCUT2D eigenvalue weighted by molar-refractivity contribution is -0.0529. The molecule has 22 heavy (non-hydrogen) atoms. The summed E-state index contributed by atoms with van der Waals surface area (Å²) in [5.74, 6) is 4.55. The second kappa shape index (κ2) is 4.62. The molecule has 0 radical (unpaired) electrons. The number of hydrogen-bond acceptors (Lipinski definition) is 0. The van der Waals surface area contributed by atoms with Crippen molar-refractivity contribution in [3.8, 4) is 0 Å². The van der Waals surface area contributed by atoms with Crippen molar-refractivity contribution in [2.45, 2.75) is 59.8 Å². The van der Waals surface area contributed by atoms with Crippen LogP contribution in [0, 0.1) is 40.4 Å². The van der Waals surface area contributed by atoms with Crippen LogP contribution in [0.4, 0.5) is 0 Å². The molecule has 0 spiro atoms. The summed E-state index contributed by atoms with van der Waals surface area (Å²) in [7, 11) is 0. The molecule has 3 saturated carbocycles. The summed E-state index contributed by atoms with van der Waals surface area (Å²) >= 11 is 0. The maximum Gasteiger partial charge on any atom is 0.0103 e. The van der Waals surface area contributed by atoms with Crippen LogP contribution >= 0.6 is 0 Å². The number of fused-ring (bicyclic) bond motifs is 5. The third-order valence-electron chi connectivity index (χ3n) is 7.88. The molecule has 4 aliphatic carbocycles. The van der Waals surface area contributed by atoms with E-state index in [0.717, 1.165) is 29.6 Å². The van der Waals surface area contributed by atoms with Crippen molar-refractivity contribution in [2.75, 3.05) is 0 Å². The van der Waals surface area contributed by atoms with Crippen LogP contribution in [0.25, 0.3) is 0 Å². The fourth-order valence-electron chi connectivity index (χ4n) is 7.43. The monoisotopic (exact) mass is 296 g/mol. The van der Waals surface area contributed by atoms with E-state index in [0.29, 0.717) is 10.8 Å². The summed E-state index contributed by atoms with van der Waals surface area (Å²) in [5.41, 5.74) is 3.80. The van der Waals surface area contributed by atoms with Crippen molar-refractivity contribution in [3.63, 3.8) is 0 Å². The van der Waals surface area contributed by atoms with E-state index in [9.17, 15) is 0 Å². The molecule has 0 aromatic carbocycles. The molecule has 0 aromatic rings. The average Bonchev–Trinajstić information content (AvgIpc) is 2.73. The van der Waals surface area contributed by atoms with Crippen LogP contribution < -0.4 is 0 Å². The Morgan fingerprint density at radius 3 is 2.73 bits per heavy atom. The van der Waals surface area contributed by atoms with Crippen molar-refractivity contribution in [3.05, 3.63) is 36.0 Å². The third-order valence-corrected chi connectivity index (χ3v) is 7.88. The number of hydrogen-bond donors (Lipinski definition) is 0. The van der Waals surface area contributed by atoms with Gasteiger partial charge in [0.15, 0.2) is 0 Å². The molecule has 0 aromatic heterocycles. The van der Waals surface area contributed by atoms with Gasteiger partial charge in [-0.25, -0.2) is 0 Å². The molecule has 0 nitrogen and oxygen atoms in total. The molecule has 120 valence electrons. The summed E-state index contributed by atoms with van der Waals surface area (Å²) < 4.78 is 0. The lowest BCUT2D eigenvalue weighted by Crippen LogP contribution is -2.51. The fraction of sp³-hybridized carbons (Fsp3) is 0.727. The Bertz CT molecular complexity index is 565. The van der Waals surface area contributed by atoms with Gasteiger partial charge in [0.1, 0.15) is 0 Å². The maximum absolute atomic E-state index is 4.17. The molecule has 4 rings (SSSR count). The Balaban J connectivity index is 1.75. The highest BCUT2D eigenvalue weighted by molar-refractivity contribution is 5.43. The molecule has 0 N–H and O–H groups in total. The van der Waals surface area contributed by atoms with Crippen LogP contribution in [-0.4, -0.2) is 0 Å². The van der Waals surface area contributed by atoms with Crippen molar-refractivity contribution in [1.82, 2.24) is 0 Å². The van der Waals surface area contributed by atoms with Gasteiger partial charge in [-0.05, 0) is 72.7 Å². The number of rotatable bonds is 0. The Kier molecular flexibility index (Phi) is 3.10. The first-order valence-electron chi connectivity index (χ1n) is 9.43. The van der Waals surface area contributed by atoms with Gasteiger partial charge in [0.05, 0.1) is 0 Å². The molecule has 0 heteroatoms. The normalized spacial score (nSPS) is 53.5. The molecule has 7 atom stereocenters. The summed E-state index contributed by atoms with van der Waals surface area (Å²) in [5, 5.41) is 0. The molecule has 4 aliphatic rings. The van der Waals surface area contributed by atoms with Crippen molar-refractivity contribution < 1.29 is 0 Å². The minimum Gasteiger partial charge on any atom is -0.0918 e. The first-order chi connectivity index (χ1) is 10.3. The van der Waals surface area contributed by atoms with E-state index in [4.69, 9.17) is 0 Å². The smallest absolute Gasteiger partial charge is 0.0103 e. The van der Waals surface area contributed by atoms with Crippen LogP contribution in [0.3, 0.4) is 0 Å². The van der Waals surface area contributed by atoms with E-state index in [1.807, 2.05) is 0 Å². The van der Waals surface area contributed by atoms with Crippen molar-refractivity contribution in [2.24, 2.45) is 40.4 Å². The van der Waals surface area contributed by atoms with Crippen molar-refractivity contribution in [1.29, 1.82) is 0 Å². The van der Waals surface area contributed by atoms with Gasteiger partial charge in [-0.1, -0.05) is 58.1 Å². The molecule has 0 amide bonds. The van der Waals surface area contributed by atoms with Crippen molar-refractivity contribution >= 4 is 0 Å². The predicted molar refractivity (Wildman–Crippen MR) is 94.5 cm³/mol. The summed E-state index contributed by atoms with van der Waals surface area (Å²) in [6.45, 7) is 14.3. The lowest BCUT2D eigenvalue weighted by Gasteiger charge is -2.59. The summed E-state index contributed by atoms with van der Waals surface area (Å²) in [4.78, 5) is 0. The highest BCUT2D eigenvalue weighted by atomic mass is 14.6. The van der Waals surface area contributed by atoms with Crippen LogP contribution in [0.2, 0.25) is 0 Å². The van der Waals surface area contributed by atoms with Gasteiger partial charge in [-0.3, -0.25) is 0 Å². The van der Waals surface area contributed by atoms with Gasteiger partial charge in [0.25, 0.3) is 0 Å².